The standard InChI is InChI=1S/C34H34N4O2/c1-20-8-10-24-26-12-14-35-30(33(26)37-28(24)16-20)17-21(23-6-4-5-7-32(23)40-3)18-31-34-27(13-15-36-31)25-11-9-22(39-2)19-29(25)38-34/h4-11,16,19,21,37-38H,12-15,17-18H2,1-3H3. The molecule has 3 aromatic carbocycles. The molecule has 6 nitrogen and oxygen atoms in total. The third-order valence-electron chi connectivity index (χ3n) is 8.54. The molecule has 6 heteroatoms. The minimum atomic E-state index is 0.152. The summed E-state index contributed by atoms with van der Waals surface area (Å²) in [5.74, 6) is 1.92. The Kier molecular flexibility index (Phi) is 6.18. The number of methoxy groups -OCH3 is 2. The van der Waals surface area contributed by atoms with Crippen molar-refractivity contribution in [3.8, 4) is 11.5 Å². The first-order chi connectivity index (χ1) is 19.6. The molecule has 202 valence electrons. The highest BCUT2D eigenvalue weighted by Gasteiger charge is 2.28. The van der Waals surface area contributed by atoms with Crippen LogP contribution < -0.4 is 9.47 Å². The van der Waals surface area contributed by atoms with E-state index in [-0.39, 0.29) is 5.92 Å². The number of hydrogen-bond donors (Lipinski definition) is 2. The van der Waals surface area contributed by atoms with Crippen molar-refractivity contribution < 1.29 is 9.47 Å². The number of rotatable bonds is 7. The van der Waals surface area contributed by atoms with E-state index in [2.05, 4.69) is 65.4 Å². The van der Waals surface area contributed by atoms with Gasteiger partial charge in [0.15, 0.2) is 0 Å². The quantitative estimate of drug-likeness (QED) is 0.239. The fourth-order valence-corrected chi connectivity index (χ4v) is 6.60. The highest BCUT2D eigenvalue weighted by atomic mass is 16.5. The zero-order valence-electron chi connectivity index (χ0n) is 23.3. The van der Waals surface area contributed by atoms with Gasteiger partial charge in [0, 0.05) is 41.0 Å². The summed E-state index contributed by atoms with van der Waals surface area (Å²) in [5, 5.41) is 2.57. The number of para-hydroxylation sites is 1. The zero-order chi connectivity index (χ0) is 27.2. The van der Waals surface area contributed by atoms with Gasteiger partial charge in [-0.25, -0.2) is 0 Å². The molecule has 1 atom stereocenters. The topological polar surface area (TPSA) is 74.8 Å². The minimum absolute atomic E-state index is 0.152. The van der Waals surface area contributed by atoms with E-state index in [4.69, 9.17) is 19.5 Å². The van der Waals surface area contributed by atoms with Crippen LogP contribution in [0.4, 0.5) is 0 Å². The number of benzene rings is 3. The van der Waals surface area contributed by atoms with Gasteiger partial charge in [-0.1, -0.05) is 30.3 Å². The number of H-pyrrole nitrogens is 2. The molecule has 4 heterocycles. The third-order valence-corrected chi connectivity index (χ3v) is 8.54. The van der Waals surface area contributed by atoms with Crippen LogP contribution in [-0.2, 0) is 12.8 Å². The van der Waals surface area contributed by atoms with Crippen LogP contribution in [0, 0.1) is 6.92 Å². The lowest BCUT2D eigenvalue weighted by Crippen LogP contribution is -2.20. The molecule has 0 radical (unpaired) electrons. The van der Waals surface area contributed by atoms with Crippen molar-refractivity contribution in [2.75, 3.05) is 27.3 Å². The summed E-state index contributed by atoms with van der Waals surface area (Å²) in [7, 11) is 3.47. The van der Waals surface area contributed by atoms with Crippen molar-refractivity contribution >= 4 is 33.2 Å². The van der Waals surface area contributed by atoms with Crippen molar-refractivity contribution in [3.05, 3.63) is 94.3 Å². The SMILES string of the molecule is COc1ccc2c3c([nH]c2c1)C(CC(CC1=NCCc2c1[nH]c1cc(C)ccc21)c1ccccc1OC)=NCC3. The van der Waals surface area contributed by atoms with Crippen LogP contribution in [-0.4, -0.2) is 48.7 Å². The summed E-state index contributed by atoms with van der Waals surface area (Å²) >= 11 is 0. The number of ether oxygens (including phenoxy) is 2. The Morgan fingerprint density at radius 1 is 0.750 bits per heavy atom. The maximum atomic E-state index is 5.87. The monoisotopic (exact) mass is 530 g/mol. The van der Waals surface area contributed by atoms with Crippen molar-refractivity contribution in [1.82, 2.24) is 9.97 Å². The number of nitrogens with zero attached hydrogens (tertiary/aromatic N) is 2. The average Bonchev–Trinajstić information content (AvgIpc) is 3.55. The lowest BCUT2D eigenvalue weighted by molar-refractivity contribution is 0.406. The summed E-state index contributed by atoms with van der Waals surface area (Å²) in [4.78, 5) is 17.6. The molecule has 0 saturated carbocycles. The first-order valence-corrected chi connectivity index (χ1v) is 14.1. The molecule has 2 N–H and O–H groups in total. The number of hydrogen-bond acceptors (Lipinski definition) is 4. The second kappa shape index (κ2) is 10.0. The molecule has 0 amide bonds. The Morgan fingerprint density at radius 3 is 2.02 bits per heavy atom. The predicted octanol–water partition coefficient (Wildman–Crippen LogP) is 6.93. The average molecular weight is 531 g/mol. The molecular formula is C34H34N4O2. The molecule has 0 fully saturated rings. The smallest absolute Gasteiger partial charge is 0.122 e. The van der Waals surface area contributed by atoms with Crippen LogP contribution in [0.25, 0.3) is 21.8 Å². The van der Waals surface area contributed by atoms with Gasteiger partial charge < -0.3 is 19.4 Å². The molecule has 0 spiro atoms. The summed E-state index contributed by atoms with van der Waals surface area (Å²) in [6.45, 7) is 3.76. The molecule has 2 aliphatic heterocycles. The highest BCUT2D eigenvalue weighted by Crippen LogP contribution is 2.38. The van der Waals surface area contributed by atoms with Crippen molar-refractivity contribution in [3.63, 3.8) is 0 Å². The molecule has 2 aliphatic rings. The van der Waals surface area contributed by atoms with E-state index >= 15 is 0 Å². The lowest BCUT2D eigenvalue weighted by Gasteiger charge is -2.24. The predicted molar refractivity (Wildman–Crippen MR) is 163 cm³/mol. The van der Waals surface area contributed by atoms with Crippen LogP contribution in [0.1, 0.15) is 52.4 Å². The lowest BCUT2D eigenvalue weighted by atomic mass is 9.84. The van der Waals surface area contributed by atoms with Crippen molar-refractivity contribution in [1.29, 1.82) is 0 Å². The number of aromatic nitrogens is 2. The number of aliphatic imine (C=N–C) groups is 2. The van der Waals surface area contributed by atoms with E-state index in [0.29, 0.717) is 0 Å². The van der Waals surface area contributed by atoms with Gasteiger partial charge in [0.25, 0.3) is 0 Å². The molecule has 40 heavy (non-hydrogen) atoms. The Morgan fingerprint density at radius 2 is 1.38 bits per heavy atom. The molecular weight excluding hydrogens is 496 g/mol. The second-order valence-electron chi connectivity index (χ2n) is 10.9. The van der Waals surface area contributed by atoms with Gasteiger partial charge in [0.2, 0.25) is 0 Å². The Labute approximate surface area is 234 Å². The Bertz CT molecular complexity index is 1810. The van der Waals surface area contributed by atoms with E-state index in [1.807, 2.05) is 12.1 Å². The van der Waals surface area contributed by atoms with Crippen LogP contribution in [0.5, 0.6) is 11.5 Å². The zero-order valence-corrected chi connectivity index (χ0v) is 23.3. The van der Waals surface area contributed by atoms with Crippen LogP contribution in [0.2, 0.25) is 0 Å². The summed E-state index contributed by atoms with van der Waals surface area (Å²) in [5.41, 5.74) is 12.1. The summed E-state index contributed by atoms with van der Waals surface area (Å²) in [6.07, 6.45) is 3.51. The van der Waals surface area contributed by atoms with Crippen molar-refractivity contribution in [2.45, 2.75) is 38.5 Å². The summed E-state index contributed by atoms with van der Waals surface area (Å²) in [6, 6.07) is 21.4. The first kappa shape index (κ1) is 24.7. The van der Waals surface area contributed by atoms with Gasteiger partial charge in [-0.2, -0.15) is 0 Å². The van der Waals surface area contributed by atoms with Crippen LogP contribution >= 0.6 is 0 Å². The van der Waals surface area contributed by atoms with Gasteiger partial charge in [-0.05, 0) is 85.0 Å². The van der Waals surface area contributed by atoms with E-state index in [1.165, 1.54) is 44.2 Å². The maximum absolute atomic E-state index is 5.87. The number of fused-ring (bicyclic) bond motifs is 6. The van der Waals surface area contributed by atoms with Gasteiger partial charge in [-0.3, -0.25) is 9.98 Å². The second-order valence-corrected chi connectivity index (χ2v) is 10.9. The molecule has 2 aromatic heterocycles. The van der Waals surface area contributed by atoms with Gasteiger partial charge in [-0.15, -0.1) is 0 Å². The van der Waals surface area contributed by atoms with Gasteiger partial charge in [0.05, 0.1) is 37.0 Å². The Balaban J connectivity index is 1.28. The minimum Gasteiger partial charge on any atom is -0.497 e. The van der Waals surface area contributed by atoms with Gasteiger partial charge in [0.1, 0.15) is 11.5 Å². The normalized spacial score (nSPS) is 15.4. The third kappa shape index (κ3) is 4.19. The molecule has 7 rings (SSSR count). The first-order valence-electron chi connectivity index (χ1n) is 14.1. The maximum Gasteiger partial charge on any atom is 0.122 e. The van der Waals surface area contributed by atoms with E-state index < -0.39 is 0 Å². The van der Waals surface area contributed by atoms with E-state index in [1.54, 1.807) is 14.2 Å². The number of nitrogens with one attached hydrogen (secondary N) is 2. The Hall–Kier alpha value is -4.32. The molecule has 5 aromatic rings. The van der Waals surface area contributed by atoms with Crippen LogP contribution in [0.15, 0.2) is 70.6 Å². The summed E-state index contributed by atoms with van der Waals surface area (Å²) < 4.78 is 11.4. The van der Waals surface area contributed by atoms with Gasteiger partial charge >= 0.3 is 0 Å². The molecule has 0 bridgehead atoms. The highest BCUT2D eigenvalue weighted by molar-refractivity contribution is 6.09. The largest absolute Gasteiger partial charge is 0.497 e. The molecule has 1 unspecified atom stereocenters. The molecule has 0 saturated heterocycles. The van der Waals surface area contributed by atoms with Crippen molar-refractivity contribution in [2.24, 2.45) is 9.98 Å². The number of aromatic amines is 2. The van der Waals surface area contributed by atoms with E-state index in [0.717, 1.165) is 72.9 Å². The molecule has 0 aliphatic carbocycles. The van der Waals surface area contributed by atoms with Crippen LogP contribution in [0.3, 0.4) is 0 Å². The van der Waals surface area contributed by atoms with E-state index in [9.17, 15) is 0 Å². The fraction of sp³-hybridized carbons (Fsp3) is 0.294. The number of aryl methyl sites for hydroxylation is 1. The fourth-order valence-electron chi connectivity index (χ4n) is 6.60.